The fraction of sp³-hybridized carbons (Fsp3) is 0.444. The second-order valence-electron chi connectivity index (χ2n) is 2.33. The highest BCUT2D eigenvalue weighted by molar-refractivity contribution is 6.30. The quantitative estimate of drug-likeness (QED) is 0.702. The summed E-state index contributed by atoms with van der Waals surface area (Å²) in [5, 5.41) is 0.366. The zero-order valence-corrected chi connectivity index (χ0v) is 8.47. The molecular formula is C9H12ClNO2. The molecule has 0 aliphatic carbocycles. The molecule has 3 nitrogen and oxygen atoms in total. The van der Waals surface area contributed by atoms with Gasteiger partial charge in [-0.25, -0.2) is 4.98 Å². The second kappa shape index (κ2) is 4.92. The smallest absolute Gasteiger partial charge is 0.171 e. The lowest BCUT2D eigenvalue weighted by atomic mass is 10.4. The predicted octanol–water partition coefficient (Wildman–Crippen LogP) is 2.53. The number of ether oxygens (including phenoxy) is 2. The average molecular weight is 202 g/mol. The largest absolute Gasteiger partial charge is 0.492 e. The van der Waals surface area contributed by atoms with E-state index < -0.39 is 0 Å². The van der Waals surface area contributed by atoms with Gasteiger partial charge in [-0.15, -0.1) is 0 Å². The van der Waals surface area contributed by atoms with Gasteiger partial charge in [0.15, 0.2) is 10.9 Å². The maximum Gasteiger partial charge on any atom is 0.171 e. The van der Waals surface area contributed by atoms with Crippen LogP contribution in [0, 0.1) is 0 Å². The standard InChI is InChI=1S/C9H12ClNO2/c1-3-12-7-5-8(13-4-2)9(10)11-6-7/h5-6H,3-4H2,1-2H3. The van der Waals surface area contributed by atoms with Gasteiger partial charge >= 0.3 is 0 Å². The van der Waals surface area contributed by atoms with Crippen molar-refractivity contribution < 1.29 is 9.47 Å². The minimum atomic E-state index is 0.366. The van der Waals surface area contributed by atoms with E-state index in [9.17, 15) is 0 Å². The molecule has 1 aromatic rings. The van der Waals surface area contributed by atoms with Crippen molar-refractivity contribution in [1.82, 2.24) is 4.98 Å². The summed E-state index contributed by atoms with van der Waals surface area (Å²) in [6, 6.07) is 1.74. The van der Waals surface area contributed by atoms with E-state index in [-0.39, 0.29) is 0 Å². The molecule has 0 saturated heterocycles. The Hall–Kier alpha value is -0.960. The highest BCUT2D eigenvalue weighted by atomic mass is 35.5. The Bertz CT molecular complexity index is 278. The number of hydrogen-bond donors (Lipinski definition) is 0. The molecule has 0 amide bonds. The van der Waals surface area contributed by atoms with Crippen LogP contribution < -0.4 is 9.47 Å². The van der Waals surface area contributed by atoms with Crippen LogP contribution in [0.5, 0.6) is 11.5 Å². The van der Waals surface area contributed by atoms with Gasteiger partial charge in [-0.1, -0.05) is 11.6 Å². The van der Waals surface area contributed by atoms with Crippen molar-refractivity contribution in [2.75, 3.05) is 13.2 Å². The number of halogens is 1. The third-order valence-corrected chi connectivity index (χ3v) is 1.68. The lowest BCUT2D eigenvalue weighted by molar-refractivity contribution is 0.321. The Labute approximate surface area is 82.6 Å². The summed E-state index contributed by atoms with van der Waals surface area (Å²) in [6.07, 6.45) is 1.58. The second-order valence-corrected chi connectivity index (χ2v) is 2.68. The normalized spacial score (nSPS) is 9.77. The molecule has 1 heterocycles. The molecule has 0 fully saturated rings. The number of aromatic nitrogens is 1. The molecule has 1 aromatic heterocycles. The molecule has 0 saturated carbocycles. The van der Waals surface area contributed by atoms with Crippen molar-refractivity contribution in [2.24, 2.45) is 0 Å². The molecule has 0 aliphatic heterocycles. The molecule has 0 bridgehead atoms. The third-order valence-electron chi connectivity index (χ3n) is 1.39. The van der Waals surface area contributed by atoms with Crippen LogP contribution in [0.25, 0.3) is 0 Å². The van der Waals surface area contributed by atoms with E-state index in [1.165, 1.54) is 0 Å². The monoisotopic (exact) mass is 201 g/mol. The first kappa shape index (κ1) is 10.1. The maximum atomic E-state index is 5.78. The first-order valence-corrected chi connectivity index (χ1v) is 4.56. The molecule has 0 aliphatic rings. The minimum Gasteiger partial charge on any atom is -0.492 e. The van der Waals surface area contributed by atoms with Crippen LogP contribution in [0.4, 0.5) is 0 Å². The van der Waals surface area contributed by atoms with E-state index in [1.807, 2.05) is 13.8 Å². The Morgan fingerprint density at radius 3 is 2.62 bits per heavy atom. The van der Waals surface area contributed by atoms with Crippen molar-refractivity contribution in [3.63, 3.8) is 0 Å². The van der Waals surface area contributed by atoms with Gasteiger partial charge < -0.3 is 9.47 Å². The zero-order chi connectivity index (χ0) is 9.68. The molecule has 4 heteroatoms. The predicted molar refractivity (Wildman–Crippen MR) is 51.6 cm³/mol. The number of hydrogen-bond acceptors (Lipinski definition) is 3. The van der Waals surface area contributed by atoms with E-state index in [4.69, 9.17) is 21.1 Å². The van der Waals surface area contributed by atoms with Crippen molar-refractivity contribution in [3.05, 3.63) is 17.4 Å². The van der Waals surface area contributed by atoms with Crippen LogP contribution in [0.2, 0.25) is 5.15 Å². The zero-order valence-electron chi connectivity index (χ0n) is 7.71. The van der Waals surface area contributed by atoms with Crippen LogP contribution in [0.1, 0.15) is 13.8 Å². The molecule has 1 rings (SSSR count). The summed E-state index contributed by atoms with van der Waals surface area (Å²) in [4.78, 5) is 3.93. The Morgan fingerprint density at radius 2 is 2.00 bits per heavy atom. The van der Waals surface area contributed by atoms with Gasteiger partial charge in [-0.3, -0.25) is 0 Å². The summed E-state index contributed by atoms with van der Waals surface area (Å²) in [7, 11) is 0. The van der Waals surface area contributed by atoms with E-state index >= 15 is 0 Å². The van der Waals surface area contributed by atoms with Crippen molar-refractivity contribution in [3.8, 4) is 11.5 Å². The van der Waals surface area contributed by atoms with Gasteiger partial charge in [0.2, 0.25) is 0 Å². The molecule has 0 N–H and O–H groups in total. The summed E-state index contributed by atoms with van der Waals surface area (Å²) in [5.74, 6) is 1.24. The van der Waals surface area contributed by atoms with Gasteiger partial charge in [0.25, 0.3) is 0 Å². The van der Waals surface area contributed by atoms with Crippen molar-refractivity contribution >= 4 is 11.6 Å². The topological polar surface area (TPSA) is 31.4 Å². The van der Waals surface area contributed by atoms with Crippen LogP contribution >= 0.6 is 11.6 Å². The summed E-state index contributed by atoms with van der Waals surface area (Å²) < 4.78 is 10.5. The molecule has 0 spiro atoms. The highest BCUT2D eigenvalue weighted by Crippen LogP contribution is 2.26. The van der Waals surface area contributed by atoms with Crippen molar-refractivity contribution in [2.45, 2.75) is 13.8 Å². The fourth-order valence-corrected chi connectivity index (χ4v) is 1.07. The molecule has 0 unspecified atom stereocenters. The number of pyridine rings is 1. The lowest BCUT2D eigenvalue weighted by Gasteiger charge is -2.07. The molecule has 0 atom stereocenters. The van der Waals surface area contributed by atoms with Crippen LogP contribution in [0.3, 0.4) is 0 Å². The summed E-state index contributed by atoms with van der Waals surface area (Å²) in [6.45, 7) is 4.98. The van der Waals surface area contributed by atoms with E-state index in [0.717, 1.165) is 0 Å². The molecule has 0 radical (unpaired) electrons. The Balaban J connectivity index is 2.83. The average Bonchev–Trinajstić information content (AvgIpc) is 2.12. The highest BCUT2D eigenvalue weighted by Gasteiger charge is 2.03. The number of nitrogens with zero attached hydrogens (tertiary/aromatic N) is 1. The van der Waals surface area contributed by atoms with Crippen molar-refractivity contribution in [1.29, 1.82) is 0 Å². The minimum absolute atomic E-state index is 0.366. The van der Waals surface area contributed by atoms with Gasteiger partial charge in [0.1, 0.15) is 5.75 Å². The van der Waals surface area contributed by atoms with Crippen LogP contribution in [-0.4, -0.2) is 18.2 Å². The fourth-order valence-electron chi connectivity index (χ4n) is 0.912. The van der Waals surface area contributed by atoms with E-state index in [1.54, 1.807) is 12.3 Å². The lowest BCUT2D eigenvalue weighted by Crippen LogP contribution is -1.96. The molecular weight excluding hydrogens is 190 g/mol. The molecule has 72 valence electrons. The van der Waals surface area contributed by atoms with Gasteiger partial charge in [-0.05, 0) is 13.8 Å². The van der Waals surface area contributed by atoms with E-state index in [2.05, 4.69) is 4.98 Å². The Morgan fingerprint density at radius 1 is 1.31 bits per heavy atom. The summed E-state index contributed by atoms with van der Waals surface area (Å²) >= 11 is 5.78. The van der Waals surface area contributed by atoms with Crippen LogP contribution in [0.15, 0.2) is 12.3 Å². The summed E-state index contributed by atoms with van der Waals surface area (Å²) in [5.41, 5.74) is 0. The molecule has 13 heavy (non-hydrogen) atoms. The SMILES string of the molecule is CCOc1cnc(Cl)c(OCC)c1. The maximum absolute atomic E-state index is 5.78. The first-order valence-electron chi connectivity index (χ1n) is 4.19. The Kier molecular flexibility index (Phi) is 3.83. The van der Waals surface area contributed by atoms with Gasteiger partial charge in [0, 0.05) is 6.07 Å². The number of rotatable bonds is 4. The first-order chi connectivity index (χ1) is 6.27. The van der Waals surface area contributed by atoms with E-state index in [0.29, 0.717) is 29.9 Å². The van der Waals surface area contributed by atoms with Gasteiger partial charge in [0.05, 0.1) is 19.4 Å². The third kappa shape index (κ3) is 2.77. The molecule has 0 aromatic carbocycles. The van der Waals surface area contributed by atoms with Crippen LogP contribution in [-0.2, 0) is 0 Å². The van der Waals surface area contributed by atoms with Gasteiger partial charge in [-0.2, -0.15) is 0 Å².